The van der Waals surface area contributed by atoms with Crippen molar-refractivity contribution in [2.75, 3.05) is 0 Å². The van der Waals surface area contributed by atoms with Crippen LogP contribution in [0.15, 0.2) is 201 Å². The van der Waals surface area contributed by atoms with Gasteiger partial charge in [-0.2, -0.15) is 0 Å². The second kappa shape index (κ2) is 37.5. The molecule has 18 aromatic rings. The highest BCUT2D eigenvalue weighted by Crippen LogP contribution is 2.36. The van der Waals surface area contributed by atoms with E-state index in [9.17, 15) is 88.2 Å². The minimum atomic E-state index is -3.04. The van der Waals surface area contributed by atoms with Crippen LogP contribution in [0.25, 0.3) is 132 Å². The van der Waals surface area contributed by atoms with Gasteiger partial charge in [-0.1, -0.05) is 72.6 Å². The van der Waals surface area contributed by atoms with Crippen LogP contribution < -0.4 is 32.6 Å². The molecule has 24 heteroatoms. The molecule has 0 bridgehead atoms. The van der Waals surface area contributed by atoms with Gasteiger partial charge in [0.15, 0.2) is 0 Å². The summed E-state index contributed by atoms with van der Waals surface area (Å²) in [6.45, 7) is 14.2. The molecule has 6 aromatic heterocycles. The van der Waals surface area contributed by atoms with Crippen molar-refractivity contribution in [2.45, 2.75) is 163 Å². The predicted octanol–water partition coefficient (Wildman–Crippen LogP) is 21.0. The first-order chi connectivity index (χ1) is 76.4. The van der Waals surface area contributed by atoms with Crippen molar-refractivity contribution in [3.8, 4) is 0 Å². The van der Waals surface area contributed by atoms with Crippen molar-refractivity contribution in [1.82, 2.24) is 0 Å². The van der Waals surface area contributed by atoms with Gasteiger partial charge in [-0.25, -0.2) is 0 Å². The minimum Gasteiger partial charge on any atom is -0.481 e. The molecular formula is C108H96O24. The quantitative estimate of drug-likeness (QED) is 0.0619. The molecule has 0 saturated carbocycles. The number of aliphatic carboxylic acids is 6. The van der Waals surface area contributed by atoms with Crippen molar-refractivity contribution in [3.63, 3.8) is 0 Å². The molecule has 0 aliphatic rings. The van der Waals surface area contributed by atoms with Crippen LogP contribution in [-0.2, 0) is 67.0 Å². The van der Waals surface area contributed by atoms with Crippen molar-refractivity contribution in [3.05, 3.63) is 340 Å². The molecule has 0 fully saturated rings. The Balaban J connectivity index is 0.000000165. The van der Waals surface area contributed by atoms with Gasteiger partial charge in [0.05, 0.1) is 122 Å². The third kappa shape index (κ3) is 18.1. The van der Waals surface area contributed by atoms with Crippen LogP contribution in [-0.4, -0.2) is 66.5 Å². The lowest BCUT2D eigenvalue weighted by Gasteiger charge is -2.10. The maximum Gasteiger partial charge on any atom is 0.307 e. The first-order valence-corrected chi connectivity index (χ1v) is 39.3. The van der Waals surface area contributed by atoms with Crippen molar-refractivity contribution < 1.29 is 134 Å². The number of carboxylic acids is 6. The fourth-order valence-corrected chi connectivity index (χ4v) is 14.0. The van der Waals surface area contributed by atoms with E-state index < -0.39 is 288 Å². The van der Waals surface area contributed by atoms with E-state index in [1.807, 2.05) is 6.92 Å². The van der Waals surface area contributed by atoms with Crippen LogP contribution in [0.5, 0.6) is 0 Å². The van der Waals surface area contributed by atoms with Crippen LogP contribution >= 0.6 is 0 Å². The number of rotatable bonds is 12. The van der Waals surface area contributed by atoms with Gasteiger partial charge in [0, 0.05) is 62.2 Å². The fraction of sp³-hybridized carbons (Fsp3) is 0.222. The zero-order chi connectivity index (χ0) is 127. The molecule has 0 aliphatic heterocycles. The lowest BCUT2D eigenvalue weighted by molar-refractivity contribution is -0.137. The summed E-state index contributed by atoms with van der Waals surface area (Å²) in [7, 11) is 0. The van der Waals surface area contributed by atoms with Gasteiger partial charge < -0.3 is 57.1 Å². The second-order valence-electron chi connectivity index (χ2n) is 30.3. The largest absolute Gasteiger partial charge is 0.481 e. The summed E-state index contributed by atoms with van der Waals surface area (Å²) in [6.07, 6.45) is -17.5. The summed E-state index contributed by atoms with van der Waals surface area (Å²) in [5, 5.41) is 53.3. The summed E-state index contributed by atoms with van der Waals surface area (Å²) in [5.41, 5.74) is -7.51. The number of carboxylic acid groups (broad SMARTS) is 6. The summed E-state index contributed by atoms with van der Waals surface area (Å²) < 4.78 is 313. The smallest absolute Gasteiger partial charge is 0.307 e. The number of benzene rings is 12. The molecule has 18 rings (SSSR count). The Morgan fingerprint density at radius 2 is 0.364 bits per heavy atom. The average Bonchev–Trinajstić information content (AvgIpc) is 0.711. The monoisotopic (exact) mass is 1810 g/mol. The van der Waals surface area contributed by atoms with Crippen LogP contribution in [0, 0.1) is 124 Å². The van der Waals surface area contributed by atoms with E-state index in [1.54, 1.807) is 53.7 Å². The van der Waals surface area contributed by atoms with Crippen molar-refractivity contribution >= 4 is 167 Å². The van der Waals surface area contributed by atoms with Crippen molar-refractivity contribution in [1.29, 1.82) is 0 Å². The topological polar surface area (TPSA) is 405 Å². The molecule has 672 valence electrons. The number of hydrogen-bond donors (Lipinski definition) is 6. The summed E-state index contributed by atoms with van der Waals surface area (Å²) >= 11 is 0. The molecule has 0 atom stereocenters. The highest BCUT2D eigenvalue weighted by Gasteiger charge is 2.25. The van der Waals surface area contributed by atoms with Crippen LogP contribution in [0.4, 0.5) is 0 Å². The Kier molecular flexibility index (Phi) is 16.5. The Bertz CT molecular complexity index is 10100. The van der Waals surface area contributed by atoms with E-state index in [-0.39, 0.29) is 145 Å². The SMILES string of the molecule is [2H]c1c(C)c(C([2H])([2H])C(=O)O)c2oc3c(C([2H])([2H])[2H])c(C)ccc3c(=O)c2c1[2H].[2H]c1c(C)c(C([2H])([2H])C(=O)O)c2oc3c(C)c(C)ccc3c(=O)c2c1[2H].[2H]c1c(C)c(C([2H])([2H])[2H])c2oc3c(C([2H])([2H])C(=O)O)c(C)ccc3c(=O)c2c1[2H].[2H]c1c(C)c(C([2H])([2H])[2H])c2oc3c(C([2H])([2H])C(=O)O)c(C)ccc3c(=O)c2c1[2H].[2H]c1c(C)c(C)c2oc3c(C([2H])([2H])C(=O)O)c(C)c([2H])c([2H])c3c(=O)c2c1[2H].[2H]c1c(C)c(C)c2oc3c(C([2H])([2H])C(=O)O)c(C)ccc3c(=O)c2c1[2H]. The van der Waals surface area contributed by atoms with Gasteiger partial charge in [-0.05, 0) is 297 Å². The first kappa shape index (κ1) is 58.0. The number of hydrogen-bond acceptors (Lipinski definition) is 18. The van der Waals surface area contributed by atoms with Gasteiger partial charge in [0.2, 0.25) is 32.6 Å². The molecule has 24 nitrogen and oxygen atoms in total. The Labute approximate surface area is 802 Å². The first-order valence-electron chi connectivity index (χ1n) is 56.8. The lowest BCUT2D eigenvalue weighted by atomic mass is 9.99. The van der Waals surface area contributed by atoms with Gasteiger partial charge >= 0.3 is 35.8 Å². The van der Waals surface area contributed by atoms with Crippen LogP contribution in [0.2, 0.25) is 0 Å². The normalized spacial score (nSPS) is 16.0. The molecule has 0 spiro atoms. The maximum atomic E-state index is 13.1. The molecule has 132 heavy (non-hydrogen) atoms. The van der Waals surface area contributed by atoms with E-state index in [2.05, 4.69) is 0 Å². The van der Waals surface area contributed by atoms with E-state index in [0.29, 0.717) is 38.9 Å². The van der Waals surface area contributed by atoms with Crippen LogP contribution in [0.3, 0.4) is 0 Å². The van der Waals surface area contributed by atoms with Gasteiger partial charge in [-0.15, -0.1) is 0 Å². The fourth-order valence-electron chi connectivity index (χ4n) is 14.0. The van der Waals surface area contributed by atoms with E-state index in [4.69, 9.17) is 74.5 Å². The van der Waals surface area contributed by atoms with Gasteiger partial charge in [-0.3, -0.25) is 57.5 Å². The molecular weight excluding hydrogens is 1680 g/mol. The molecule has 0 radical (unpaired) electrons. The predicted molar refractivity (Wildman–Crippen MR) is 513 cm³/mol. The minimum absolute atomic E-state index is 0.0145. The lowest BCUT2D eigenvalue weighted by Crippen LogP contribution is -2.08. The third-order valence-corrected chi connectivity index (χ3v) is 21.6. The molecule has 0 unspecified atom stereocenters. The summed E-state index contributed by atoms with van der Waals surface area (Å²) in [6, 6.07) is 8.54. The second-order valence-corrected chi connectivity index (χ2v) is 30.3. The zero-order valence-corrected chi connectivity index (χ0v) is 72.3. The van der Waals surface area contributed by atoms with Crippen LogP contribution in [0.1, 0.15) is 181 Å². The molecule has 6 heterocycles. The Morgan fingerprint density at radius 1 is 0.212 bits per heavy atom. The van der Waals surface area contributed by atoms with Gasteiger partial charge in [0.1, 0.15) is 67.0 Å². The highest BCUT2D eigenvalue weighted by atomic mass is 16.4. The number of fused-ring (bicyclic) bond motifs is 12. The average molecular weight is 1810 g/mol. The molecule has 0 amide bonds. The molecule has 0 saturated heterocycles. The maximum absolute atomic E-state index is 13.1. The Hall–Kier alpha value is -15.7. The van der Waals surface area contributed by atoms with Crippen molar-refractivity contribution in [2.24, 2.45) is 0 Å². The van der Waals surface area contributed by atoms with E-state index in [0.717, 1.165) is 5.56 Å². The zero-order valence-electron chi connectivity index (χ0n) is 107. The molecule has 12 aromatic carbocycles. The van der Waals surface area contributed by atoms with E-state index >= 15 is 0 Å². The van der Waals surface area contributed by atoms with Gasteiger partial charge in [0.25, 0.3) is 0 Å². The number of carbonyl (C=O) groups is 6. The molecule has 6 N–H and O–H groups in total. The number of aryl methyl sites for hydroxylation is 11. The summed E-state index contributed by atoms with van der Waals surface area (Å²) in [5.74, 6) is -10.7. The standard InChI is InChI=1S/6C18H16O4/c6*1-9-4-6-12-16(21)13-7-5-10(2)14(8-15(19)20)18(13)22-17(12)11(9)3/h6*4-7H,8H2,1-3H3,(H,19,20)/i4D,5D,6D,7D,8D2;3D3,5D,7D,8D2;2*3D3,4D,6D,8D2;5D,7D,8D2;4D,6D,8D2. The summed E-state index contributed by atoms with van der Waals surface area (Å²) in [4.78, 5) is 147. The molecule has 0 aliphatic carbocycles. The van der Waals surface area contributed by atoms with E-state index in [1.165, 1.54) is 104 Å². The third-order valence-electron chi connectivity index (χ3n) is 21.6. The Morgan fingerprint density at radius 3 is 0.606 bits per heavy atom. The highest BCUT2D eigenvalue weighted by molar-refractivity contribution is 6.01.